The molecule has 0 fully saturated rings. The maximum Gasteiger partial charge on any atom is 0.282 e. The van der Waals surface area contributed by atoms with Gasteiger partial charge in [-0.25, -0.2) is 0 Å². The number of carbonyl (C=O) groups is 1. The summed E-state index contributed by atoms with van der Waals surface area (Å²) in [5.41, 5.74) is 0. The van der Waals surface area contributed by atoms with Crippen molar-refractivity contribution in [2.75, 3.05) is 11.9 Å². The van der Waals surface area contributed by atoms with Gasteiger partial charge in [-0.1, -0.05) is 23.4 Å². The van der Waals surface area contributed by atoms with Gasteiger partial charge in [-0.05, 0) is 6.42 Å². The second kappa shape index (κ2) is 6.10. The SMILES string of the molecule is CCCNc1nnc(C(=O)NCc2ccno2)s1. The topological polar surface area (TPSA) is 92.9 Å². The molecule has 18 heavy (non-hydrogen) atoms. The molecule has 0 aliphatic heterocycles. The highest BCUT2D eigenvalue weighted by Crippen LogP contribution is 2.14. The summed E-state index contributed by atoms with van der Waals surface area (Å²) in [4.78, 5) is 11.7. The van der Waals surface area contributed by atoms with Crippen LogP contribution in [0.3, 0.4) is 0 Å². The summed E-state index contributed by atoms with van der Waals surface area (Å²) in [7, 11) is 0. The number of carbonyl (C=O) groups excluding carboxylic acids is 1. The summed E-state index contributed by atoms with van der Waals surface area (Å²) in [5.74, 6) is 0.325. The van der Waals surface area contributed by atoms with E-state index in [4.69, 9.17) is 4.52 Å². The Balaban J connectivity index is 1.86. The first-order valence-electron chi connectivity index (χ1n) is 5.54. The van der Waals surface area contributed by atoms with Gasteiger partial charge in [0.1, 0.15) is 0 Å². The van der Waals surface area contributed by atoms with Gasteiger partial charge >= 0.3 is 0 Å². The Hall–Kier alpha value is -1.96. The van der Waals surface area contributed by atoms with Crippen LogP contribution in [-0.2, 0) is 6.54 Å². The fourth-order valence-corrected chi connectivity index (χ4v) is 1.88. The summed E-state index contributed by atoms with van der Waals surface area (Å²) >= 11 is 1.23. The minimum atomic E-state index is -0.270. The van der Waals surface area contributed by atoms with Crippen LogP contribution in [0.5, 0.6) is 0 Å². The molecule has 0 saturated carbocycles. The van der Waals surface area contributed by atoms with Crippen molar-refractivity contribution < 1.29 is 9.32 Å². The Labute approximate surface area is 108 Å². The monoisotopic (exact) mass is 267 g/mol. The average Bonchev–Trinajstić information content (AvgIpc) is 3.04. The van der Waals surface area contributed by atoms with Crippen LogP contribution in [0.4, 0.5) is 5.13 Å². The van der Waals surface area contributed by atoms with Gasteiger partial charge in [0.15, 0.2) is 5.76 Å². The highest BCUT2D eigenvalue weighted by Gasteiger charge is 2.12. The molecule has 2 N–H and O–H groups in total. The van der Waals surface area contributed by atoms with Crippen molar-refractivity contribution in [3.05, 3.63) is 23.0 Å². The number of anilines is 1. The molecule has 2 aromatic heterocycles. The molecule has 2 heterocycles. The molecule has 1 amide bonds. The van der Waals surface area contributed by atoms with Crippen LogP contribution in [0.2, 0.25) is 0 Å². The van der Waals surface area contributed by atoms with Crippen molar-refractivity contribution in [1.29, 1.82) is 0 Å². The third-order valence-corrected chi connectivity index (χ3v) is 2.94. The predicted octanol–water partition coefficient (Wildman–Crippen LogP) is 1.28. The van der Waals surface area contributed by atoms with Crippen molar-refractivity contribution in [3.63, 3.8) is 0 Å². The fourth-order valence-electron chi connectivity index (χ4n) is 1.19. The number of hydrogen-bond acceptors (Lipinski definition) is 7. The molecule has 0 radical (unpaired) electrons. The van der Waals surface area contributed by atoms with E-state index in [1.54, 1.807) is 6.07 Å². The number of hydrogen-bond donors (Lipinski definition) is 2. The first-order chi connectivity index (χ1) is 8.79. The zero-order valence-corrected chi connectivity index (χ0v) is 10.7. The molecule has 2 aromatic rings. The van der Waals surface area contributed by atoms with E-state index in [2.05, 4.69) is 32.9 Å². The lowest BCUT2D eigenvalue weighted by atomic mass is 10.4. The molecule has 0 aliphatic carbocycles. The number of amides is 1. The maximum atomic E-state index is 11.7. The molecule has 0 aromatic carbocycles. The number of nitrogens with zero attached hydrogens (tertiary/aromatic N) is 3. The van der Waals surface area contributed by atoms with Crippen molar-refractivity contribution >= 4 is 22.4 Å². The number of aromatic nitrogens is 3. The van der Waals surface area contributed by atoms with Gasteiger partial charge < -0.3 is 15.2 Å². The molecule has 0 aliphatic rings. The molecule has 96 valence electrons. The Bertz CT molecular complexity index is 496. The smallest absolute Gasteiger partial charge is 0.282 e. The van der Waals surface area contributed by atoms with Crippen LogP contribution in [0.25, 0.3) is 0 Å². The molecule has 0 unspecified atom stereocenters. The van der Waals surface area contributed by atoms with Crippen LogP contribution in [0.15, 0.2) is 16.8 Å². The lowest BCUT2D eigenvalue weighted by Gasteiger charge is -1.98. The summed E-state index contributed by atoms with van der Waals surface area (Å²) < 4.78 is 4.87. The Morgan fingerprint density at radius 1 is 1.50 bits per heavy atom. The molecular weight excluding hydrogens is 254 g/mol. The Kier molecular flexibility index (Phi) is 4.24. The molecule has 0 atom stereocenters. The maximum absolute atomic E-state index is 11.7. The van der Waals surface area contributed by atoms with Gasteiger partial charge in [-0.15, -0.1) is 10.2 Å². The zero-order chi connectivity index (χ0) is 12.8. The molecular formula is C10H13N5O2S. The van der Waals surface area contributed by atoms with E-state index in [-0.39, 0.29) is 12.5 Å². The highest BCUT2D eigenvalue weighted by molar-refractivity contribution is 7.17. The Morgan fingerprint density at radius 2 is 2.39 bits per heavy atom. The van der Waals surface area contributed by atoms with Crippen molar-refractivity contribution in [2.24, 2.45) is 0 Å². The predicted molar refractivity (Wildman–Crippen MR) is 66.4 cm³/mol. The van der Waals surface area contributed by atoms with Crippen LogP contribution in [0.1, 0.15) is 28.9 Å². The molecule has 0 spiro atoms. The largest absolute Gasteiger partial charge is 0.360 e. The van der Waals surface area contributed by atoms with Gasteiger partial charge in [-0.2, -0.15) is 0 Å². The molecule has 0 bridgehead atoms. The normalized spacial score (nSPS) is 10.3. The lowest BCUT2D eigenvalue weighted by Crippen LogP contribution is -2.22. The molecule has 0 saturated heterocycles. The highest BCUT2D eigenvalue weighted by atomic mass is 32.1. The summed E-state index contributed by atoms with van der Waals surface area (Å²) in [6.07, 6.45) is 2.52. The third kappa shape index (κ3) is 3.27. The molecule has 8 heteroatoms. The summed E-state index contributed by atoms with van der Waals surface area (Å²) in [6.45, 7) is 3.16. The number of rotatable bonds is 6. The van der Waals surface area contributed by atoms with Crippen LogP contribution in [0, 0.1) is 0 Å². The van der Waals surface area contributed by atoms with E-state index in [1.807, 2.05) is 0 Å². The minimum Gasteiger partial charge on any atom is -0.360 e. The van der Waals surface area contributed by atoms with E-state index in [1.165, 1.54) is 17.5 Å². The average molecular weight is 267 g/mol. The second-order valence-corrected chi connectivity index (χ2v) is 4.48. The Morgan fingerprint density at radius 3 is 3.11 bits per heavy atom. The van der Waals surface area contributed by atoms with Gasteiger partial charge in [0.05, 0.1) is 12.7 Å². The lowest BCUT2D eigenvalue weighted by molar-refractivity contribution is 0.0946. The van der Waals surface area contributed by atoms with Crippen LogP contribution in [-0.4, -0.2) is 27.8 Å². The van der Waals surface area contributed by atoms with Crippen molar-refractivity contribution in [3.8, 4) is 0 Å². The number of nitrogens with one attached hydrogen (secondary N) is 2. The van der Waals surface area contributed by atoms with E-state index in [0.29, 0.717) is 15.9 Å². The fraction of sp³-hybridized carbons (Fsp3) is 0.400. The van der Waals surface area contributed by atoms with Gasteiger partial charge in [-0.3, -0.25) is 4.79 Å². The van der Waals surface area contributed by atoms with E-state index >= 15 is 0 Å². The van der Waals surface area contributed by atoms with Crippen LogP contribution < -0.4 is 10.6 Å². The third-order valence-electron chi connectivity index (χ3n) is 2.06. The summed E-state index contributed by atoms with van der Waals surface area (Å²) in [6, 6.07) is 1.69. The van der Waals surface area contributed by atoms with E-state index in [0.717, 1.165) is 13.0 Å². The quantitative estimate of drug-likeness (QED) is 0.819. The summed E-state index contributed by atoms with van der Waals surface area (Å²) in [5, 5.41) is 18.0. The van der Waals surface area contributed by atoms with Gasteiger partial charge in [0.25, 0.3) is 5.91 Å². The second-order valence-electron chi connectivity index (χ2n) is 3.50. The molecule has 2 rings (SSSR count). The van der Waals surface area contributed by atoms with E-state index in [9.17, 15) is 4.79 Å². The van der Waals surface area contributed by atoms with E-state index < -0.39 is 0 Å². The minimum absolute atomic E-state index is 0.270. The molecule has 7 nitrogen and oxygen atoms in total. The zero-order valence-electron chi connectivity index (χ0n) is 9.84. The van der Waals surface area contributed by atoms with Gasteiger partial charge in [0.2, 0.25) is 10.1 Å². The standard InChI is InChI=1S/C10H13N5O2S/c1-2-4-11-10-15-14-9(18-10)8(16)12-6-7-3-5-13-17-7/h3,5H,2,4,6H2,1H3,(H,11,15)(H,12,16). The van der Waals surface area contributed by atoms with Crippen molar-refractivity contribution in [2.45, 2.75) is 19.9 Å². The first kappa shape index (κ1) is 12.5. The van der Waals surface area contributed by atoms with Crippen molar-refractivity contribution in [1.82, 2.24) is 20.7 Å². The van der Waals surface area contributed by atoms with Gasteiger partial charge in [0, 0.05) is 12.6 Å². The first-order valence-corrected chi connectivity index (χ1v) is 6.36. The van der Waals surface area contributed by atoms with Crippen LogP contribution >= 0.6 is 11.3 Å².